The van der Waals surface area contributed by atoms with Crippen LogP contribution in [0.15, 0.2) is 60.7 Å². The zero-order chi connectivity index (χ0) is 21.8. The Morgan fingerprint density at radius 2 is 1.58 bits per heavy atom. The van der Waals surface area contributed by atoms with Gasteiger partial charge in [-0.1, -0.05) is 18.2 Å². The van der Waals surface area contributed by atoms with Gasteiger partial charge in [-0.3, -0.25) is 5.10 Å². The summed E-state index contributed by atoms with van der Waals surface area (Å²) < 4.78 is 11.3. The standard InChI is InChI=1S/C24H28N4O3/c1-24(2,3)31-23(29)28-15-13-27(14-16-28)22-17-21(25-26-22)18-9-11-20(12-10-18)30-19-7-5-4-6-8-19/h4-12,17H,13-16H2,1-3H3,(H,25,26). The number of nitrogens with one attached hydrogen (secondary N) is 1. The number of hydrogen-bond donors (Lipinski definition) is 1. The van der Waals surface area contributed by atoms with Gasteiger partial charge < -0.3 is 19.3 Å². The van der Waals surface area contributed by atoms with Crippen molar-refractivity contribution in [1.29, 1.82) is 0 Å². The molecular weight excluding hydrogens is 392 g/mol. The molecule has 2 heterocycles. The first-order valence-electron chi connectivity index (χ1n) is 10.5. The van der Waals surface area contributed by atoms with Crippen molar-refractivity contribution in [2.45, 2.75) is 26.4 Å². The molecule has 1 amide bonds. The first-order chi connectivity index (χ1) is 14.9. The highest BCUT2D eigenvalue weighted by atomic mass is 16.6. The fraction of sp³-hybridized carbons (Fsp3) is 0.333. The number of aromatic amines is 1. The number of piperazine rings is 1. The summed E-state index contributed by atoms with van der Waals surface area (Å²) in [5, 5.41) is 7.59. The topological polar surface area (TPSA) is 70.7 Å². The third kappa shape index (κ3) is 5.36. The second kappa shape index (κ2) is 8.71. The summed E-state index contributed by atoms with van der Waals surface area (Å²) in [6.45, 7) is 8.30. The van der Waals surface area contributed by atoms with Gasteiger partial charge in [0, 0.05) is 32.2 Å². The summed E-state index contributed by atoms with van der Waals surface area (Å²) in [6.07, 6.45) is -0.257. The van der Waals surface area contributed by atoms with E-state index in [1.54, 1.807) is 4.90 Å². The van der Waals surface area contributed by atoms with E-state index in [1.807, 2.05) is 81.4 Å². The molecule has 0 saturated carbocycles. The van der Waals surface area contributed by atoms with E-state index in [0.717, 1.165) is 28.6 Å². The lowest BCUT2D eigenvalue weighted by Gasteiger charge is -2.35. The highest BCUT2D eigenvalue weighted by molar-refractivity contribution is 5.69. The number of nitrogens with zero attached hydrogens (tertiary/aromatic N) is 3. The van der Waals surface area contributed by atoms with Crippen LogP contribution in [0, 0.1) is 0 Å². The average molecular weight is 421 g/mol. The molecule has 31 heavy (non-hydrogen) atoms. The van der Waals surface area contributed by atoms with E-state index in [4.69, 9.17) is 9.47 Å². The summed E-state index contributed by atoms with van der Waals surface area (Å²) >= 11 is 0. The molecule has 2 aromatic carbocycles. The summed E-state index contributed by atoms with van der Waals surface area (Å²) in [6, 6.07) is 19.7. The van der Waals surface area contributed by atoms with E-state index in [-0.39, 0.29) is 6.09 Å². The quantitative estimate of drug-likeness (QED) is 0.648. The van der Waals surface area contributed by atoms with Gasteiger partial charge in [0.05, 0.1) is 5.69 Å². The van der Waals surface area contributed by atoms with Crippen LogP contribution in [0.4, 0.5) is 10.6 Å². The summed E-state index contributed by atoms with van der Waals surface area (Å²) in [5.41, 5.74) is 1.50. The third-order valence-corrected chi connectivity index (χ3v) is 4.96. The minimum atomic E-state index is -0.479. The second-order valence-electron chi connectivity index (χ2n) is 8.53. The number of carbonyl (C=O) groups excluding carboxylic acids is 1. The Balaban J connectivity index is 1.35. The number of para-hydroxylation sites is 1. The van der Waals surface area contributed by atoms with Gasteiger partial charge in [0.25, 0.3) is 0 Å². The van der Waals surface area contributed by atoms with Crippen molar-refractivity contribution < 1.29 is 14.3 Å². The van der Waals surface area contributed by atoms with Crippen LogP contribution in [0.3, 0.4) is 0 Å². The smallest absolute Gasteiger partial charge is 0.410 e. The Morgan fingerprint density at radius 3 is 2.23 bits per heavy atom. The molecule has 0 spiro atoms. The maximum Gasteiger partial charge on any atom is 0.410 e. The number of aromatic nitrogens is 2. The number of benzene rings is 2. The van der Waals surface area contributed by atoms with Crippen molar-refractivity contribution in [2.75, 3.05) is 31.1 Å². The first kappa shape index (κ1) is 20.8. The molecule has 4 rings (SSSR count). The van der Waals surface area contributed by atoms with Gasteiger partial charge in [-0.15, -0.1) is 0 Å². The van der Waals surface area contributed by atoms with E-state index in [0.29, 0.717) is 26.2 Å². The molecule has 7 nitrogen and oxygen atoms in total. The molecule has 1 aromatic heterocycles. The van der Waals surface area contributed by atoms with Gasteiger partial charge in [-0.25, -0.2) is 4.79 Å². The number of carbonyl (C=O) groups is 1. The number of H-pyrrole nitrogens is 1. The van der Waals surface area contributed by atoms with Crippen LogP contribution in [0.5, 0.6) is 11.5 Å². The lowest BCUT2D eigenvalue weighted by molar-refractivity contribution is 0.0240. The van der Waals surface area contributed by atoms with Gasteiger partial charge in [-0.2, -0.15) is 5.10 Å². The maximum atomic E-state index is 12.2. The predicted molar refractivity (Wildman–Crippen MR) is 121 cm³/mol. The molecule has 1 aliphatic heterocycles. The minimum absolute atomic E-state index is 0.257. The van der Waals surface area contributed by atoms with Gasteiger partial charge in [0.15, 0.2) is 5.82 Å². The van der Waals surface area contributed by atoms with E-state index < -0.39 is 5.60 Å². The van der Waals surface area contributed by atoms with Gasteiger partial charge in [0.2, 0.25) is 0 Å². The van der Waals surface area contributed by atoms with E-state index in [2.05, 4.69) is 15.1 Å². The van der Waals surface area contributed by atoms with Crippen LogP contribution in [0.25, 0.3) is 11.3 Å². The van der Waals surface area contributed by atoms with Crippen LogP contribution < -0.4 is 9.64 Å². The SMILES string of the molecule is CC(C)(C)OC(=O)N1CCN(c2cc(-c3ccc(Oc4ccccc4)cc3)[nH]n2)CC1. The zero-order valence-electron chi connectivity index (χ0n) is 18.2. The van der Waals surface area contributed by atoms with E-state index >= 15 is 0 Å². The Hall–Kier alpha value is -3.48. The van der Waals surface area contributed by atoms with Crippen molar-refractivity contribution in [3.8, 4) is 22.8 Å². The Morgan fingerprint density at radius 1 is 0.935 bits per heavy atom. The van der Waals surface area contributed by atoms with Crippen molar-refractivity contribution in [1.82, 2.24) is 15.1 Å². The molecule has 0 unspecified atom stereocenters. The lowest BCUT2D eigenvalue weighted by Crippen LogP contribution is -2.50. The highest BCUT2D eigenvalue weighted by Gasteiger charge is 2.26. The maximum absolute atomic E-state index is 12.2. The van der Waals surface area contributed by atoms with E-state index in [9.17, 15) is 4.79 Å². The number of anilines is 1. The molecule has 0 aliphatic carbocycles. The van der Waals surface area contributed by atoms with Crippen LogP contribution in [-0.4, -0.2) is 53.0 Å². The third-order valence-electron chi connectivity index (χ3n) is 4.96. The average Bonchev–Trinajstić information content (AvgIpc) is 3.24. The molecule has 1 aliphatic rings. The molecule has 0 bridgehead atoms. The van der Waals surface area contributed by atoms with Crippen molar-refractivity contribution >= 4 is 11.9 Å². The number of rotatable bonds is 4. The highest BCUT2D eigenvalue weighted by Crippen LogP contribution is 2.27. The van der Waals surface area contributed by atoms with Gasteiger partial charge in [-0.05, 0) is 62.7 Å². The van der Waals surface area contributed by atoms with Crippen molar-refractivity contribution in [3.63, 3.8) is 0 Å². The molecule has 0 atom stereocenters. The number of amides is 1. The lowest BCUT2D eigenvalue weighted by atomic mass is 10.1. The molecular formula is C24H28N4O3. The minimum Gasteiger partial charge on any atom is -0.457 e. The molecule has 0 radical (unpaired) electrons. The second-order valence-corrected chi connectivity index (χ2v) is 8.53. The summed E-state index contributed by atoms with van der Waals surface area (Å²) in [5.74, 6) is 2.47. The van der Waals surface area contributed by atoms with Crippen LogP contribution in [0.1, 0.15) is 20.8 Å². The monoisotopic (exact) mass is 420 g/mol. The van der Waals surface area contributed by atoms with Crippen molar-refractivity contribution in [3.05, 3.63) is 60.7 Å². The molecule has 1 N–H and O–H groups in total. The molecule has 7 heteroatoms. The summed E-state index contributed by atoms with van der Waals surface area (Å²) in [7, 11) is 0. The number of hydrogen-bond acceptors (Lipinski definition) is 5. The van der Waals surface area contributed by atoms with Crippen LogP contribution in [-0.2, 0) is 4.74 Å². The van der Waals surface area contributed by atoms with Crippen LogP contribution >= 0.6 is 0 Å². The van der Waals surface area contributed by atoms with Crippen LogP contribution in [0.2, 0.25) is 0 Å². The Kier molecular flexibility index (Phi) is 5.84. The van der Waals surface area contributed by atoms with Gasteiger partial charge >= 0.3 is 6.09 Å². The predicted octanol–water partition coefficient (Wildman–Crippen LogP) is 4.93. The fourth-order valence-electron chi connectivity index (χ4n) is 3.39. The molecule has 3 aromatic rings. The molecule has 1 fully saturated rings. The summed E-state index contributed by atoms with van der Waals surface area (Å²) in [4.78, 5) is 16.2. The Bertz CT molecular complexity index is 1000. The molecule has 1 saturated heterocycles. The zero-order valence-corrected chi connectivity index (χ0v) is 18.2. The Labute approximate surface area is 182 Å². The fourth-order valence-corrected chi connectivity index (χ4v) is 3.39. The first-order valence-corrected chi connectivity index (χ1v) is 10.5. The normalized spacial score (nSPS) is 14.4. The largest absolute Gasteiger partial charge is 0.457 e. The number of ether oxygens (including phenoxy) is 2. The van der Waals surface area contributed by atoms with Crippen molar-refractivity contribution in [2.24, 2.45) is 0 Å². The van der Waals surface area contributed by atoms with Gasteiger partial charge in [0.1, 0.15) is 17.1 Å². The molecule has 162 valence electrons. The van der Waals surface area contributed by atoms with E-state index in [1.165, 1.54) is 0 Å².